The number of para-hydroxylation sites is 1. The largest absolute Gasteiger partial charge is 0.468 e. The zero-order valence-corrected chi connectivity index (χ0v) is 15.3. The summed E-state index contributed by atoms with van der Waals surface area (Å²) >= 11 is 0. The first kappa shape index (κ1) is 17.2. The Morgan fingerprint density at radius 3 is 2.59 bits per heavy atom. The molecule has 2 heterocycles. The van der Waals surface area contributed by atoms with E-state index in [1.165, 1.54) is 11.1 Å². The lowest BCUT2D eigenvalue weighted by molar-refractivity contribution is 0.221. The lowest BCUT2D eigenvalue weighted by Crippen LogP contribution is -2.23. The number of aryl methyl sites for hydroxylation is 1. The number of benzene rings is 2. The van der Waals surface area contributed by atoms with E-state index in [0.717, 1.165) is 23.8 Å². The second-order valence-corrected chi connectivity index (χ2v) is 6.65. The van der Waals surface area contributed by atoms with Crippen molar-refractivity contribution in [2.75, 3.05) is 0 Å². The highest BCUT2D eigenvalue weighted by Gasteiger charge is 2.13. The zero-order chi connectivity index (χ0) is 18.5. The van der Waals surface area contributed by atoms with Gasteiger partial charge in [-0.2, -0.15) is 0 Å². The summed E-state index contributed by atoms with van der Waals surface area (Å²) < 4.78 is 7.36. The second-order valence-electron chi connectivity index (χ2n) is 6.65. The monoisotopic (exact) mass is 358 g/mol. The first-order chi connectivity index (χ1) is 13.3. The minimum atomic E-state index is 0.647. The van der Waals surface area contributed by atoms with Crippen molar-refractivity contribution < 1.29 is 4.42 Å². The minimum absolute atomic E-state index is 0.647. The molecular formula is C22H22N4O. The fourth-order valence-corrected chi connectivity index (χ4v) is 3.13. The molecule has 4 rings (SSSR count). The quantitative estimate of drug-likeness (QED) is 0.492. The number of furan rings is 1. The summed E-state index contributed by atoms with van der Waals surface area (Å²) in [7, 11) is 0. The van der Waals surface area contributed by atoms with E-state index in [9.17, 15) is 0 Å². The molecule has 0 aliphatic heterocycles. The standard InChI is InChI=1S/C22H22N4O/c1-18-7-5-8-19(13-18)14-25(15-21-11-6-12-27-21)16-22-23-17-26(24-22)20-9-3-2-4-10-20/h2-13,17H,14-16H2,1H3. The number of hydrogen-bond donors (Lipinski definition) is 0. The van der Waals surface area contributed by atoms with Gasteiger partial charge in [0, 0.05) is 6.54 Å². The zero-order valence-electron chi connectivity index (χ0n) is 15.3. The summed E-state index contributed by atoms with van der Waals surface area (Å²) in [6, 6.07) is 22.5. The fourth-order valence-electron chi connectivity index (χ4n) is 3.13. The molecule has 0 amide bonds. The van der Waals surface area contributed by atoms with Crippen LogP contribution in [-0.2, 0) is 19.6 Å². The van der Waals surface area contributed by atoms with Crippen LogP contribution >= 0.6 is 0 Å². The summed E-state index contributed by atoms with van der Waals surface area (Å²) in [6.45, 7) is 4.28. The van der Waals surface area contributed by atoms with E-state index in [1.807, 2.05) is 47.1 Å². The Morgan fingerprint density at radius 1 is 0.926 bits per heavy atom. The van der Waals surface area contributed by atoms with Crippen LogP contribution < -0.4 is 0 Å². The molecule has 4 aromatic rings. The highest BCUT2D eigenvalue weighted by Crippen LogP contribution is 2.14. The molecule has 136 valence electrons. The highest BCUT2D eigenvalue weighted by atomic mass is 16.3. The first-order valence-electron chi connectivity index (χ1n) is 9.02. The van der Waals surface area contributed by atoms with Crippen LogP contribution in [0.15, 0.2) is 83.7 Å². The average molecular weight is 358 g/mol. The third kappa shape index (κ3) is 4.51. The second kappa shape index (κ2) is 8.01. The Balaban J connectivity index is 1.53. The number of rotatable bonds is 7. The van der Waals surface area contributed by atoms with Gasteiger partial charge in [-0.1, -0.05) is 48.0 Å². The van der Waals surface area contributed by atoms with Crippen LogP contribution in [-0.4, -0.2) is 19.7 Å². The van der Waals surface area contributed by atoms with Crippen molar-refractivity contribution in [1.82, 2.24) is 19.7 Å². The van der Waals surface area contributed by atoms with E-state index in [-0.39, 0.29) is 0 Å². The predicted molar refractivity (Wildman–Crippen MR) is 104 cm³/mol. The maximum atomic E-state index is 5.55. The van der Waals surface area contributed by atoms with Crippen molar-refractivity contribution in [3.63, 3.8) is 0 Å². The molecule has 0 fully saturated rings. The maximum absolute atomic E-state index is 5.55. The lowest BCUT2D eigenvalue weighted by Gasteiger charge is -2.20. The van der Waals surface area contributed by atoms with E-state index in [4.69, 9.17) is 4.42 Å². The molecule has 0 spiro atoms. The van der Waals surface area contributed by atoms with Gasteiger partial charge in [0.05, 0.1) is 25.0 Å². The average Bonchev–Trinajstić information content (AvgIpc) is 3.35. The molecule has 0 N–H and O–H groups in total. The van der Waals surface area contributed by atoms with Gasteiger partial charge in [0.2, 0.25) is 0 Å². The van der Waals surface area contributed by atoms with Crippen LogP contribution in [0.25, 0.3) is 5.69 Å². The molecule has 0 aliphatic rings. The van der Waals surface area contributed by atoms with Crippen molar-refractivity contribution in [2.24, 2.45) is 0 Å². The van der Waals surface area contributed by atoms with Crippen LogP contribution in [0.3, 0.4) is 0 Å². The Labute approximate surface area is 158 Å². The van der Waals surface area contributed by atoms with E-state index >= 15 is 0 Å². The van der Waals surface area contributed by atoms with E-state index in [0.29, 0.717) is 13.1 Å². The fraction of sp³-hybridized carbons (Fsp3) is 0.182. The summed E-state index contributed by atoms with van der Waals surface area (Å²) in [5, 5.41) is 4.64. The SMILES string of the molecule is Cc1cccc(CN(Cc2ncn(-c3ccccc3)n2)Cc2ccco2)c1. The predicted octanol–water partition coefficient (Wildman–Crippen LogP) is 4.37. The van der Waals surface area contributed by atoms with Crippen LogP contribution in [0.1, 0.15) is 22.7 Å². The van der Waals surface area contributed by atoms with Crippen LogP contribution in [0.2, 0.25) is 0 Å². The van der Waals surface area contributed by atoms with Crippen molar-refractivity contribution >= 4 is 0 Å². The highest BCUT2D eigenvalue weighted by molar-refractivity contribution is 5.29. The normalized spacial score (nSPS) is 11.2. The Kier molecular flexibility index (Phi) is 5.12. The molecule has 0 unspecified atom stereocenters. The van der Waals surface area contributed by atoms with Crippen LogP contribution in [0.5, 0.6) is 0 Å². The van der Waals surface area contributed by atoms with Gasteiger partial charge in [0.15, 0.2) is 5.82 Å². The van der Waals surface area contributed by atoms with Gasteiger partial charge in [-0.3, -0.25) is 4.90 Å². The van der Waals surface area contributed by atoms with Crippen molar-refractivity contribution in [1.29, 1.82) is 0 Å². The molecule has 27 heavy (non-hydrogen) atoms. The summed E-state index contributed by atoms with van der Waals surface area (Å²) in [4.78, 5) is 6.79. The van der Waals surface area contributed by atoms with Crippen LogP contribution in [0, 0.1) is 6.92 Å². The van der Waals surface area contributed by atoms with Gasteiger partial charge in [-0.25, -0.2) is 9.67 Å². The molecule has 0 saturated carbocycles. The number of nitrogens with zero attached hydrogens (tertiary/aromatic N) is 4. The van der Waals surface area contributed by atoms with E-state index in [1.54, 1.807) is 12.6 Å². The molecule has 0 atom stereocenters. The molecule has 0 bridgehead atoms. The topological polar surface area (TPSA) is 47.1 Å². The van der Waals surface area contributed by atoms with E-state index in [2.05, 4.69) is 46.2 Å². The number of aromatic nitrogens is 3. The Hall–Kier alpha value is -3.18. The van der Waals surface area contributed by atoms with Crippen molar-refractivity contribution in [2.45, 2.75) is 26.6 Å². The van der Waals surface area contributed by atoms with Crippen molar-refractivity contribution in [3.05, 3.63) is 102 Å². The Morgan fingerprint density at radius 2 is 1.81 bits per heavy atom. The molecule has 2 aromatic heterocycles. The Bertz CT molecular complexity index is 976. The molecule has 5 nitrogen and oxygen atoms in total. The third-order valence-electron chi connectivity index (χ3n) is 4.37. The maximum Gasteiger partial charge on any atom is 0.165 e. The smallest absolute Gasteiger partial charge is 0.165 e. The van der Waals surface area contributed by atoms with Gasteiger partial charge in [0.25, 0.3) is 0 Å². The van der Waals surface area contributed by atoms with Gasteiger partial charge in [-0.15, -0.1) is 5.10 Å². The molecule has 2 aromatic carbocycles. The van der Waals surface area contributed by atoms with Crippen LogP contribution in [0.4, 0.5) is 0 Å². The summed E-state index contributed by atoms with van der Waals surface area (Å²) in [6.07, 6.45) is 3.48. The molecular weight excluding hydrogens is 336 g/mol. The number of hydrogen-bond acceptors (Lipinski definition) is 4. The molecule has 5 heteroatoms. The lowest BCUT2D eigenvalue weighted by atomic mass is 10.1. The molecule has 0 saturated heterocycles. The summed E-state index contributed by atoms with van der Waals surface area (Å²) in [5.74, 6) is 1.73. The van der Waals surface area contributed by atoms with Crippen molar-refractivity contribution in [3.8, 4) is 5.69 Å². The van der Waals surface area contributed by atoms with Gasteiger partial charge in [-0.05, 0) is 36.8 Å². The minimum Gasteiger partial charge on any atom is -0.468 e. The van der Waals surface area contributed by atoms with Gasteiger partial charge < -0.3 is 4.42 Å². The third-order valence-corrected chi connectivity index (χ3v) is 4.37. The van der Waals surface area contributed by atoms with Gasteiger partial charge in [0.1, 0.15) is 12.1 Å². The van der Waals surface area contributed by atoms with Gasteiger partial charge >= 0.3 is 0 Å². The molecule has 0 aliphatic carbocycles. The first-order valence-corrected chi connectivity index (χ1v) is 9.02. The molecule has 0 radical (unpaired) electrons. The van der Waals surface area contributed by atoms with E-state index < -0.39 is 0 Å². The summed E-state index contributed by atoms with van der Waals surface area (Å²) in [5.41, 5.74) is 3.54.